The van der Waals surface area contributed by atoms with E-state index in [2.05, 4.69) is 118 Å². The number of benzene rings is 5. The number of hydrogen-bond donors (Lipinski definition) is 0. The summed E-state index contributed by atoms with van der Waals surface area (Å²) in [4.78, 5) is 12.2. The zero-order valence-electron chi connectivity index (χ0n) is 29.5. The predicted octanol–water partition coefficient (Wildman–Crippen LogP) is 10.4. The first-order chi connectivity index (χ1) is 23.4. The Hall–Kier alpha value is -4.43. The summed E-state index contributed by atoms with van der Waals surface area (Å²) >= 11 is 0. The van der Waals surface area contributed by atoms with Crippen molar-refractivity contribution in [2.24, 2.45) is 0 Å². The second-order valence-electron chi connectivity index (χ2n) is 13.1. The highest BCUT2D eigenvalue weighted by Crippen LogP contribution is 2.25. The van der Waals surface area contributed by atoms with Crippen molar-refractivity contribution in [3.63, 3.8) is 0 Å². The molecular formula is C46H52O2. The molecule has 248 valence electrons. The summed E-state index contributed by atoms with van der Waals surface area (Å²) in [6, 6.07) is 40.4. The van der Waals surface area contributed by atoms with E-state index in [4.69, 9.17) is 4.74 Å². The molecule has 0 fully saturated rings. The Balaban J connectivity index is 1.43. The van der Waals surface area contributed by atoms with E-state index in [9.17, 15) is 4.79 Å². The molecule has 2 heteroatoms. The highest BCUT2D eigenvalue weighted by molar-refractivity contribution is 5.89. The molecule has 0 bridgehead atoms. The minimum atomic E-state index is -0.256. The SMILES string of the molecule is CCOC(=O)c1ccc(CCc2cc(CCc3ccc(CC)cc3)c(CCc3ccc(CC)cc3)cc2CCc2ccc(C)cc2)cc1. The topological polar surface area (TPSA) is 26.3 Å². The Morgan fingerprint density at radius 3 is 1.08 bits per heavy atom. The third-order valence-corrected chi connectivity index (χ3v) is 9.70. The molecule has 5 rings (SSSR count). The largest absolute Gasteiger partial charge is 0.462 e. The van der Waals surface area contributed by atoms with Crippen molar-refractivity contribution in [3.8, 4) is 0 Å². The fraction of sp³-hybridized carbons (Fsp3) is 0.326. The van der Waals surface area contributed by atoms with Gasteiger partial charge in [0.25, 0.3) is 0 Å². The molecule has 0 spiro atoms. The van der Waals surface area contributed by atoms with Crippen LogP contribution >= 0.6 is 0 Å². The van der Waals surface area contributed by atoms with E-state index in [1.165, 1.54) is 61.2 Å². The van der Waals surface area contributed by atoms with Gasteiger partial charge in [0, 0.05) is 0 Å². The molecule has 0 atom stereocenters. The third kappa shape index (κ3) is 10.0. The molecule has 0 aliphatic carbocycles. The lowest BCUT2D eigenvalue weighted by atomic mass is 9.87. The monoisotopic (exact) mass is 636 g/mol. The van der Waals surface area contributed by atoms with Crippen molar-refractivity contribution in [1.82, 2.24) is 0 Å². The van der Waals surface area contributed by atoms with Crippen LogP contribution in [-0.2, 0) is 68.9 Å². The Morgan fingerprint density at radius 1 is 0.438 bits per heavy atom. The highest BCUT2D eigenvalue weighted by Gasteiger charge is 2.13. The van der Waals surface area contributed by atoms with Gasteiger partial charge >= 0.3 is 5.97 Å². The minimum absolute atomic E-state index is 0.256. The summed E-state index contributed by atoms with van der Waals surface area (Å²) in [6.07, 6.45) is 10.3. The van der Waals surface area contributed by atoms with Crippen LogP contribution in [0.1, 0.15) is 92.3 Å². The van der Waals surface area contributed by atoms with Crippen LogP contribution in [-0.4, -0.2) is 12.6 Å². The number of ether oxygens (including phenoxy) is 1. The Bertz CT molecular complexity index is 1730. The van der Waals surface area contributed by atoms with E-state index in [0.29, 0.717) is 12.2 Å². The van der Waals surface area contributed by atoms with Crippen LogP contribution in [0.2, 0.25) is 0 Å². The van der Waals surface area contributed by atoms with Crippen LogP contribution < -0.4 is 0 Å². The average Bonchev–Trinajstić information content (AvgIpc) is 3.13. The van der Waals surface area contributed by atoms with E-state index >= 15 is 0 Å². The third-order valence-electron chi connectivity index (χ3n) is 9.70. The average molecular weight is 637 g/mol. The van der Waals surface area contributed by atoms with E-state index < -0.39 is 0 Å². The summed E-state index contributed by atoms with van der Waals surface area (Å²) in [5, 5.41) is 0. The van der Waals surface area contributed by atoms with Crippen molar-refractivity contribution in [1.29, 1.82) is 0 Å². The molecule has 0 unspecified atom stereocenters. The van der Waals surface area contributed by atoms with E-state index in [-0.39, 0.29) is 5.97 Å². The summed E-state index contributed by atoms with van der Waals surface area (Å²) in [6.45, 7) is 8.82. The molecule has 0 aromatic heterocycles. The molecule has 0 heterocycles. The van der Waals surface area contributed by atoms with Crippen molar-refractivity contribution in [3.05, 3.63) is 176 Å². The van der Waals surface area contributed by atoms with Gasteiger partial charge in [0.1, 0.15) is 0 Å². The Morgan fingerprint density at radius 2 is 0.750 bits per heavy atom. The molecule has 0 N–H and O–H groups in total. The van der Waals surface area contributed by atoms with Crippen LogP contribution in [0, 0.1) is 6.92 Å². The second-order valence-corrected chi connectivity index (χ2v) is 13.1. The van der Waals surface area contributed by atoms with E-state index in [1.54, 1.807) is 0 Å². The van der Waals surface area contributed by atoms with Crippen molar-refractivity contribution in [2.45, 2.75) is 91.9 Å². The Labute approximate surface area is 289 Å². The van der Waals surface area contributed by atoms with Gasteiger partial charge in [-0.25, -0.2) is 4.79 Å². The fourth-order valence-electron chi connectivity index (χ4n) is 6.50. The maximum absolute atomic E-state index is 12.2. The molecule has 5 aromatic carbocycles. The van der Waals surface area contributed by atoms with Gasteiger partial charge in [0.15, 0.2) is 0 Å². The highest BCUT2D eigenvalue weighted by atomic mass is 16.5. The van der Waals surface area contributed by atoms with Crippen molar-refractivity contribution in [2.75, 3.05) is 6.61 Å². The molecule has 0 radical (unpaired) electrons. The zero-order valence-corrected chi connectivity index (χ0v) is 29.5. The van der Waals surface area contributed by atoms with E-state index in [1.807, 2.05) is 19.1 Å². The van der Waals surface area contributed by atoms with Gasteiger partial charge in [-0.3, -0.25) is 0 Å². The van der Waals surface area contributed by atoms with Crippen LogP contribution in [0.5, 0.6) is 0 Å². The number of esters is 1. The van der Waals surface area contributed by atoms with Gasteiger partial charge in [-0.15, -0.1) is 0 Å². The molecule has 0 amide bonds. The number of rotatable bonds is 16. The number of carbonyl (C=O) groups excluding carboxylic acids is 1. The van der Waals surface area contributed by atoms with Gasteiger partial charge in [0.05, 0.1) is 12.2 Å². The smallest absolute Gasteiger partial charge is 0.338 e. The van der Waals surface area contributed by atoms with Gasteiger partial charge in [-0.1, -0.05) is 116 Å². The molecule has 0 saturated heterocycles. The lowest BCUT2D eigenvalue weighted by Gasteiger charge is -2.18. The Kier molecular flexibility index (Phi) is 12.8. The zero-order chi connectivity index (χ0) is 33.7. The molecular weight excluding hydrogens is 585 g/mol. The van der Waals surface area contributed by atoms with Crippen LogP contribution in [0.3, 0.4) is 0 Å². The lowest BCUT2D eigenvalue weighted by Crippen LogP contribution is -2.07. The first kappa shape index (κ1) is 34.9. The maximum atomic E-state index is 12.2. The summed E-state index contributed by atoms with van der Waals surface area (Å²) < 4.78 is 5.19. The van der Waals surface area contributed by atoms with Gasteiger partial charge in [-0.2, -0.15) is 0 Å². The van der Waals surface area contributed by atoms with Gasteiger partial charge < -0.3 is 4.74 Å². The van der Waals surface area contributed by atoms with E-state index in [0.717, 1.165) is 64.2 Å². The lowest BCUT2D eigenvalue weighted by molar-refractivity contribution is 0.0526. The quantitative estimate of drug-likeness (QED) is 0.101. The van der Waals surface area contributed by atoms with Gasteiger partial charge in [-0.05, 0) is 146 Å². The molecule has 0 aliphatic rings. The standard InChI is InChI=1S/C46H52O2/c1-5-35-12-16-38(17-13-35)23-29-43-32-42(28-22-37-10-8-34(4)9-11-37)45(31-25-40-20-26-41(27-21-40)46(47)48-7-3)33-44(43)30-24-39-18-14-36(6-2)15-19-39/h8-21,26-27,32-33H,5-7,22-25,28-31H2,1-4H3. The first-order valence-electron chi connectivity index (χ1n) is 18.0. The molecule has 48 heavy (non-hydrogen) atoms. The molecule has 0 saturated carbocycles. The van der Waals surface area contributed by atoms with Crippen LogP contribution in [0.25, 0.3) is 0 Å². The fourth-order valence-corrected chi connectivity index (χ4v) is 6.50. The predicted molar refractivity (Wildman–Crippen MR) is 201 cm³/mol. The summed E-state index contributed by atoms with van der Waals surface area (Å²) in [5.74, 6) is -0.256. The normalized spacial score (nSPS) is 11.1. The van der Waals surface area contributed by atoms with Crippen LogP contribution in [0.15, 0.2) is 109 Å². The maximum Gasteiger partial charge on any atom is 0.338 e. The number of carbonyl (C=O) groups is 1. The number of hydrogen-bond acceptors (Lipinski definition) is 2. The van der Waals surface area contributed by atoms with Gasteiger partial charge in [0.2, 0.25) is 0 Å². The number of aryl methyl sites for hydroxylation is 11. The van der Waals surface area contributed by atoms with Crippen molar-refractivity contribution < 1.29 is 9.53 Å². The second kappa shape index (κ2) is 17.6. The summed E-state index contributed by atoms with van der Waals surface area (Å²) in [5.41, 5.74) is 16.0. The molecule has 2 nitrogen and oxygen atoms in total. The first-order valence-corrected chi connectivity index (χ1v) is 18.0. The molecule has 5 aromatic rings. The summed E-state index contributed by atoms with van der Waals surface area (Å²) in [7, 11) is 0. The minimum Gasteiger partial charge on any atom is -0.462 e. The molecule has 0 aliphatic heterocycles. The van der Waals surface area contributed by atoms with Crippen LogP contribution in [0.4, 0.5) is 0 Å². The van der Waals surface area contributed by atoms with Crippen molar-refractivity contribution >= 4 is 5.97 Å².